The van der Waals surface area contributed by atoms with Crippen molar-refractivity contribution in [2.75, 3.05) is 23.3 Å². The molecule has 0 aliphatic carbocycles. The fourth-order valence-electron chi connectivity index (χ4n) is 3.13. The Morgan fingerprint density at radius 1 is 1.10 bits per heavy atom. The number of carbonyl (C=O) groups is 1. The highest BCUT2D eigenvalue weighted by Crippen LogP contribution is 2.25. The highest BCUT2D eigenvalue weighted by atomic mass is 16.3. The molecule has 0 saturated heterocycles. The summed E-state index contributed by atoms with van der Waals surface area (Å²) in [6.07, 6.45) is 1.58. The van der Waals surface area contributed by atoms with Crippen LogP contribution in [0.1, 0.15) is 41.5 Å². The second kappa shape index (κ2) is 9.23. The zero-order valence-electron chi connectivity index (χ0n) is 17.3. The molecule has 0 unspecified atom stereocenters. The SMILES string of the molecule is CCN(CC)c1ccc(Nc2cc(C(=O)NCc3ccco3)nc(C)n2)c(C)c1. The van der Waals surface area contributed by atoms with Crippen LogP contribution in [0.3, 0.4) is 0 Å². The third-order valence-corrected chi connectivity index (χ3v) is 4.68. The maximum Gasteiger partial charge on any atom is 0.270 e. The van der Waals surface area contributed by atoms with E-state index in [0.717, 1.165) is 24.3 Å². The number of nitrogens with one attached hydrogen (secondary N) is 2. The summed E-state index contributed by atoms with van der Waals surface area (Å²) in [7, 11) is 0. The first-order valence-corrected chi connectivity index (χ1v) is 9.79. The van der Waals surface area contributed by atoms with Crippen molar-refractivity contribution in [3.05, 3.63) is 65.5 Å². The Labute approximate surface area is 171 Å². The Morgan fingerprint density at radius 2 is 1.90 bits per heavy atom. The molecule has 0 bridgehead atoms. The van der Waals surface area contributed by atoms with Gasteiger partial charge in [0.15, 0.2) is 0 Å². The summed E-state index contributed by atoms with van der Waals surface area (Å²) in [6, 6.07) is 11.5. The fourth-order valence-corrected chi connectivity index (χ4v) is 3.13. The summed E-state index contributed by atoms with van der Waals surface area (Å²) in [4.78, 5) is 23.4. The molecule has 0 radical (unpaired) electrons. The number of hydrogen-bond acceptors (Lipinski definition) is 6. The molecule has 2 aromatic heterocycles. The molecular weight excluding hydrogens is 366 g/mol. The van der Waals surface area contributed by atoms with Gasteiger partial charge in [0.25, 0.3) is 5.91 Å². The van der Waals surface area contributed by atoms with Crippen molar-refractivity contribution < 1.29 is 9.21 Å². The van der Waals surface area contributed by atoms with E-state index in [1.165, 1.54) is 5.69 Å². The molecule has 0 aliphatic rings. The van der Waals surface area contributed by atoms with Gasteiger partial charge in [-0.15, -0.1) is 0 Å². The molecule has 0 fully saturated rings. The predicted molar refractivity (Wildman–Crippen MR) is 115 cm³/mol. The van der Waals surface area contributed by atoms with Crippen molar-refractivity contribution in [2.45, 2.75) is 34.2 Å². The molecule has 1 amide bonds. The summed E-state index contributed by atoms with van der Waals surface area (Å²) >= 11 is 0. The van der Waals surface area contributed by atoms with Gasteiger partial charge in [-0.2, -0.15) is 0 Å². The number of rotatable bonds is 8. The summed E-state index contributed by atoms with van der Waals surface area (Å²) in [5.74, 6) is 1.52. The van der Waals surface area contributed by atoms with Crippen LogP contribution < -0.4 is 15.5 Å². The largest absolute Gasteiger partial charge is 0.467 e. The maximum absolute atomic E-state index is 12.5. The van der Waals surface area contributed by atoms with Crippen LogP contribution in [0.5, 0.6) is 0 Å². The smallest absolute Gasteiger partial charge is 0.270 e. The van der Waals surface area contributed by atoms with Crippen LogP contribution in [0, 0.1) is 13.8 Å². The van der Waals surface area contributed by atoms with Crippen LogP contribution in [-0.4, -0.2) is 29.0 Å². The van der Waals surface area contributed by atoms with E-state index in [2.05, 4.69) is 58.4 Å². The topological polar surface area (TPSA) is 83.3 Å². The number of aryl methyl sites for hydroxylation is 2. The number of benzene rings is 1. The van der Waals surface area contributed by atoms with Gasteiger partial charge < -0.3 is 20.0 Å². The van der Waals surface area contributed by atoms with Gasteiger partial charge in [-0.1, -0.05) is 0 Å². The average molecular weight is 393 g/mol. The number of anilines is 3. The Bertz CT molecular complexity index is 965. The molecule has 0 saturated carbocycles. The van der Waals surface area contributed by atoms with Gasteiger partial charge in [0.1, 0.15) is 23.1 Å². The van der Waals surface area contributed by atoms with E-state index < -0.39 is 0 Å². The van der Waals surface area contributed by atoms with Crippen molar-refractivity contribution in [3.63, 3.8) is 0 Å². The number of nitrogens with zero attached hydrogens (tertiary/aromatic N) is 3. The molecule has 29 heavy (non-hydrogen) atoms. The van der Waals surface area contributed by atoms with Crippen molar-refractivity contribution in [1.82, 2.24) is 15.3 Å². The quantitative estimate of drug-likeness (QED) is 0.597. The third-order valence-electron chi connectivity index (χ3n) is 4.68. The van der Waals surface area contributed by atoms with Gasteiger partial charge in [0.2, 0.25) is 0 Å². The minimum atomic E-state index is -0.274. The van der Waals surface area contributed by atoms with E-state index in [1.54, 1.807) is 25.3 Å². The molecule has 7 nitrogen and oxygen atoms in total. The molecule has 2 heterocycles. The zero-order chi connectivity index (χ0) is 20.8. The van der Waals surface area contributed by atoms with Gasteiger partial charge in [-0.05, 0) is 63.6 Å². The van der Waals surface area contributed by atoms with E-state index in [0.29, 0.717) is 29.6 Å². The molecule has 3 aromatic rings. The lowest BCUT2D eigenvalue weighted by molar-refractivity contribution is 0.0942. The van der Waals surface area contributed by atoms with Gasteiger partial charge in [-0.25, -0.2) is 9.97 Å². The third kappa shape index (κ3) is 5.13. The molecule has 2 N–H and O–H groups in total. The van der Waals surface area contributed by atoms with Crippen LogP contribution in [0.4, 0.5) is 17.2 Å². The molecule has 0 spiro atoms. The van der Waals surface area contributed by atoms with E-state index in [1.807, 2.05) is 12.1 Å². The highest BCUT2D eigenvalue weighted by Gasteiger charge is 2.12. The van der Waals surface area contributed by atoms with Crippen molar-refractivity contribution in [1.29, 1.82) is 0 Å². The van der Waals surface area contributed by atoms with Gasteiger partial charge in [0, 0.05) is 30.5 Å². The van der Waals surface area contributed by atoms with Crippen molar-refractivity contribution >= 4 is 23.1 Å². The Morgan fingerprint density at radius 3 is 2.55 bits per heavy atom. The first kappa shape index (κ1) is 20.4. The number of hydrogen-bond donors (Lipinski definition) is 2. The van der Waals surface area contributed by atoms with Gasteiger partial charge in [-0.3, -0.25) is 4.79 Å². The molecular formula is C22H27N5O2. The molecule has 7 heteroatoms. The summed E-state index contributed by atoms with van der Waals surface area (Å²) < 4.78 is 5.24. The monoisotopic (exact) mass is 393 g/mol. The predicted octanol–water partition coefficient (Wildman–Crippen LogP) is 4.21. The summed E-state index contributed by atoms with van der Waals surface area (Å²) in [6.45, 7) is 10.4. The minimum absolute atomic E-state index is 0.274. The lowest BCUT2D eigenvalue weighted by atomic mass is 10.1. The summed E-state index contributed by atoms with van der Waals surface area (Å²) in [5, 5.41) is 6.12. The second-order valence-corrected chi connectivity index (χ2v) is 6.74. The van der Waals surface area contributed by atoms with Crippen LogP contribution in [0.25, 0.3) is 0 Å². The summed E-state index contributed by atoms with van der Waals surface area (Å²) in [5.41, 5.74) is 3.55. The van der Waals surface area contributed by atoms with Crippen molar-refractivity contribution in [3.8, 4) is 0 Å². The average Bonchev–Trinajstić information content (AvgIpc) is 3.22. The molecule has 1 aromatic carbocycles. The normalized spacial score (nSPS) is 10.6. The highest BCUT2D eigenvalue weighted by molar-refractivity contribution is 5.93. The Hall–Kier alpha value is -3.35. The first-order valence-electron chi connectivity index (χ1n) is 9.79. The molecule has 0 aliphatic heterocycles. The standard InChI is InChI=1S/C22H27N5O2/c1-5-27(6-2)17-9-10-19(15(3)12-17)26-21-13-20(24-16(4)25-21)22(28)23-14-18-8-7-11-29-18/h7-13H,5-6,14H2,1-4H3,(H,23,28)(H,24,25,26). The Kier molecular flexibility index (Phi) is 6.49. The molecule has 0 atom stereocenters. The minimum Gasteiger partial charge on any atom is -0.467 e. The number of furan rings is 1. The van der Waals surface area contributed by atoms with Gasteiger partial charge in [0.05, 0.1) is 12.8 Å². The van der Waals surface area contributed by atoms with E-state index >= 15 is 0 Å². The number of amides is 1. The number of aromatic nitrogens is 2. The van der Waals surface area contributed by atoms with Crippen LogP contribution in [-0.2, 0) is 6.54 Å². The van der Waals surface area contributed by atoms with E-state index in [-0.39, 0.29) is 5.91 Å². The molecule has 152 valence electrons. The number of carbonyl (C=O) groups excluding carboxylic acids is 1. The van der Waals surface area contributed by atoms with Crippen molar-refractivity contribution in [2.24, 2.45) is 0 Å². The fraction of sp³-hybridized carbons (Fsp3) is 0.318. The Balaban J connectivity index is 1.75. The van der Waals surface area contributed by atoms with Crippen LogP contribution in [0.15, 0.2) is 47.1 Å². The van der Waals surface area contributed by atoms with E-state index in [4.69, 9.17) is 4.42 Å². The lowest BCUT2D eigenvalue weighted by Crippen LogP contribution is -2.24. The maximum atomic E-state index is 12.5. The zero-order valence-corrected chi connectivity index (χ0v) is 17.3. The molecule has 3 rings (SSSR count). The second-order valence-electron chi connectivity index (χ2n) is 6.74. The van der Waals surface area contributed by atoms with Gasteiger partial charge >= 0.3 is 0 Å². The first-order chi connectivity index (χ1) is 14.0. The van der Waals surface area contributed by atoms with Crippen LogP contribution in [0.2, 0.25) is 0 Å². The van der Waals surface area contributed by atoms with Crippen LogP contribution >= 0.6 is 0 Å². The lowest BCUT2D eigenvalue weighted by Gasteiger charge is -2.22. The van der Waals surface area contributed by atoms with E-state index in [9.17, 15) is 4.79 Å².